The molecule has 0 unspecified atom stereocenters. The van der Waals surface area contributed by atoms with Crippen LogP contribution in [0, 0.1) is 12.7 Å². The number of aryl methyl sites for hydroxylation is 1. The largest absolute Gasteiger partial charge is 0.416 e. The van der Waals surface area contributed by atoms with E-state index in [-0.39, 0.29) is 24.2 Å². The van der Waals surface area contributed by atoms with Gasteiger partial charge in [-0.25, -0.2) is 9.37 Å². The molecule has 1 atom stereocenters. The SMILES string of the molecule is Cc1ccc(C(=O)N2CCc3nc(N[C@@H](C)c4ccc(C(F)(F)F)cc4)n(N4CCCC4)c(=O)c3C2)c(F)c1. The Morgan fingerprint density at radius 3 is 2.38 bits per heavy atom. The zero-order chi connectivity index (χ0) is 27.9. The molecule has 1 fully saturated rings. The Hall–Kier alpha value is -3.89. The number of hydrogen-bond donors (Lipinski definition) is 1. The van der Waals surface area contributed by atoms with Crippen LogP contribution >= 0.6 is 0 Å². The standard InChI is InChI=1S/C28H29F4N5O2/c1-17-5-10-21(23(29)15-17)25(38)35-14-11-24-22(16-35)26(39)37(36-12-3-4-13-36)27(34-24)33-18(2)19-6-8-20(9-7-19)28(30,31)32/h5-10,15,18H,3-4,11-14,16H2,1-2H3,(H,33,34)/t18-/m0/s1. The van der Waals surface area contributed by atoms with Crippen LogP contribution in [0.25, 0.3) is 0 Å². The maximum atomic E-state index is 14.5. The van der Waals surface area contributed by atoms with Crippen molar-refractivity contribution in [2.45, 2.75) is 51.9 Å². The number of alkyl halides is 3. The second-order valence-electron chi connectivity index (χ2n) is 10.1. The number of aromatic nitrogens is 2. The third-order valence-corrected chi connectivity index (χ3v) is 7.30. The smallest absolute Gasteiger partial charge is 0.348 e. The van der Waals surface area contributed by atoms with Crippen LogP contribution in [0.15, 0.2) is 47.3 Å². The number of carbonyl (C=O) groups is 1. The fourth-order valence-electron chi connectivity index (χ4n) is 5.10. The van der Waals surface area contributed by atoms with Gasteiger partial charge in [0.1, 0.15) is 5.82 Å². The van der Waals surface area contributed by atoms with Gasteiger partial charge in [0.2, 0.25) is 5.95 Å². The number of nitrogens with zero attached hydrogens (tertiary/aromatic N) is 4. The first-order valence-electron chi connectivity index (χ1n) is 12.9. The zero-order valence-electron chi connectivity index (χ0n) is 21.7. The Labute approximate surface area is 223 Å². The molecule has 39 heavy (non-hydrogen) atoms. The summed E-state index contributed by atoms with van der Waals surface area (Å²) in [7, 11) is 0. The minimum absolute atomic E-state index is 0.00982. The van der Waals surface area contributed by atoms with Gasteiger partial charge in [0.15, 0.2) is 0 Å². The molecule has 0 spiro atoms. The quantitative estimate of drug-likeness (QED) is 0.468. The first-order chi connectivity index (χ1) is 18.5. The van der Waals surface area contributed by atoms with E-state index in [1.165, 1.54) is 33.8 Å². The molecular weight excluding hydrogens is 514 g/mol. The summed E-state index contributed by atoms with van der Waals surface area (Å²) in [6.07, 6.45) is -2.32. The monoisotopic (exact) mass is 543 g/mol. The predicted octanol–water partition coefficient (Wildman–Crippen LogP) is 4.81. The number of rotatable bonds is 5. The van der Waals surface area contributed by atoms with Crippen molar-refractivity contribution in [1.29, 1.82) is 0 Å². The topological polar surface area (TPSA) is 70.5 Å². The lowest BCUT2D eigenvalue weighted by atomic mass is 10.0. The molecule has 7 nitrogen and oxygen atoms in total. The fourth-order valence-corrected chi connectivity index (χ4v) is 5.10. The highest BCUT2D eigenvalue weighted by Gasteiger charge is 2.32. The van der Waals surface area contributed by atoms with Crippen molar-refractivity contribution in [3.8, 4) is 0 Å². The minimum Gasteiger partial charge on any atom is -0.348 e. The molecule has 3 heterocycles. The van der Waals surface area contributed by atoms with Crippen molar-refractivity contribution < 1.29 is 22.4 Å². The van der Waals surface area contributed by atoms with Crippen LogP contribution in [-0.4, -0.2) is 40.1 Å². The number of carbonyl (C=O) groups excluding carboxylic acids is 1. The molecule has 11 heteroatoms. The van der Waals surface area contributed by atoms with Crippen LogP contribution in [-0.2, 0) is 19.1 Å². The molecule has 1 aromatic heterocycles. The number of benzene rings is 2. The van der Waals surface area contributed by atoms with Crippen molar-refractivity contribution >= 4 is 11.9 Å². The van der Waals surface area contributed by atoms with E-state index >= 15 is 0 Å². The van der Waals surface area contributed by atoms with Crippen molar-refractivity contribution in [3.63, 3.8) is 0 Å². The van der Waals surface area contributed by atoms with E-state index in [0.717, 1.165) is 25.0 Å². The van der Waals surface area contributed by atoms with Crippen molar-refractivity contribution in [2.75, 3.05) is 30.0 Å². The molecule has 5 rings (SSSR count). The lowest BCUT2D eigenvalue weighted by molar-refractivity contribution is -0.137. The number of nitrogens with one attached hydrogen (secondary N) is 1. The van der Waals surface area contributed by atoms with Gasteiger partial charge in [0.05, 0.1) is 35.0 Å². The van der Waals surface area contributed by atoms with E-state index in [0.29, 0.717) is 47.8 Å². The number of hydrogen-bond acceptors (Lipinski definition) is 5. The Kier molecular flexibility index (Phi) is 7.09. The van der Waals surface area contributed by atoms with E-state index in [9.17, 15) is 27.2 Å². The molecule has 1 saturated heterocycles. The molecule has 2 aliphatic rings. The maximum absolute atomic E-state index is 14.5. The molecule has 1 N–H and O–H groups in total. The molecule has 2 aromatic carbocycles. The third-order valence-electron chi connectivity index (χ3n) is 7.30. The Balaban J connectivity index is 1.45. The first kappa shape index (κ1) is 26.7. The highest BCUT2D eigenvalue weighted by molar-refractivity contribution is 5.94. The van der Waals surface area contributed by atoms with E-state index in [2.05, 4.69) is 5.32 Å². The summed E-state index contributed by atoms with van der Waals surface area (Å²) < 4.78 is 55.0. The number of halogens is 4. The summed E-state index contributed by atoms with van der Waals surface area (Å²) in [5, 5.41) is 5.11. The average Bonchev–Trinajstić information content (AvgIpc) is 3.42. The summed E-state index contributed by atoms with van der Waals surface area (Å²) >= 11 is 0. The molecule has 0 radical (unpaired) electrons. The van der Waals surface area contributed by atoms with E-state index in [1.807, 2.05) is 5.01 Å². The highest BCUT2D eigenvalue weighted by atomic mass is 19.4. The van der Waals surface area contributed by atoms with Crippen molar-refractivity contribution in [1.82, 2.24) is 14.6 Å². The number of amides is 1. The predicted molar refractivity (Wildman–Crippen MR) is 139 cm³/mol. The molecule has 0 bridgehead atoms. The van der Waals surface area contributed by atoms with E-state index < -0.39 is 29.5 Å². The zero-order valence-corrected chi connectivity index (χ0v) is 21.7. The van der Waals surface area contributed by atoms with Gasteiger partial charge in [-0.2, -0.15) is 17.8 Å². The second kappa shape index (κ2) is 10.3. The van der Waals surface area contributed by atoms with Gasteiger partial charge in [-0.3, -0.25) is 9.59 Å². The van der Waals surface area contributed by atoms with Gasteiger partial charge in [-0.05, 0) is 62.1 Å². The van der Waals surface area contributed by atoms with Gasteiger partial charge >= 0.3 is 6.18 Å². The summed E-state index contributed by atoms with van der Waals surface area (Å²) in [4.78, 5) is 33.1. The van der Waals surface area contributed by atoms with Gasteiger partial charge < -0.3 is 15.2 Å². The van der Waals surface area contributed by atoms with Gasteiger partial charge in [0.25, 0.3) is 11.5 Å². The molecule has 1 amide bonds. The number of anilines is 1. The van der Waals surface area contributed by atoms with Gasteiger partial charge in [-0.15, -0.1) is 0 Å². The van der Waals surface area contributed by atoms with Crippen LogP contribution in [0.1, 0.15) is 64.1 Å². The second-order valence-corrected chi connectivity index (χ2v) is 10.1. The molecule has 2 aliphatic heterocycles. The Bertz CT molecular complexity index is 1450. The summed E-state index contributed by atoms with van der Waals surface area (Å²) in [5.41, 5.74) is 1.15. The van der Waals surface area contributed by atoms with E-state index in [4.69, 9.17) is 4.98 Å². The van der Waals surface area contributed by atoms with Gasteiger partial charge in [-0.1, -0.05) is 18.2 Å². The molecular formula is C28H29F4N5O2. The average molecular weight is 544 g/mol. The minimum atomic E-state index is -4.42. The summed E-state index contributed by atoms with van der Waals surface area (Å²) in [6, 6.07) is 8.88. The molecule has 3 aromatic rings. The number of fused-ring (bicyclic) bond motifs is 1. The van der Waals surface area contributed by atoms with Crippen LogP contribution in [0.3, 0.4) is 0 Å². The van der Waals surface area contributed by atoms with E-state index in [1.54, 1.807) is 19.9 Å². The molecule has 206 valence electrons. The molecule has 0 saturated carbocycles. The van der Waals surface area contributed by atoms with Crippen molar-refractivity contribution in [2.24, 2.45) is 0 Å². The van der Waals surface area contributed by atoms with Crippen LogP contribution in [0.2, 0.25) is 0 Å². The summed E-state index contributed by atoms with van der Waals surface area (Å²) in [5.74, 6) is -0.781. The highest BCUT2D eigenvalue weighted by Crippen LogP contribution is 2.30. The third kappa shape index (κ3) is 5.35. The normalized spacial score (nSPS) is 16.3. The van der Waals surface area contributed by atoms with Crippen LogP contribution in [0.5, 0.6) is 0 Å². The Morgan fingerprint density at radius 1 is 1.05 bits per heavy atom. The lowest BCUT2D eigenvalue weighted by Crippen LogP contribution is -2.47. The van der Waals surface area contributed by atoms with Crippen LogP contribution < -0.4 is 15.9 Å². The lowest BCUT2D eigenvalue weighted by Gasteiger charge is -2.32. The van der Waals surface area contributed by atoms with Crippen molar-refractivity contribution in [3.05, 3.63) is 92.1 Å². The first-order valence-corrected chi connectivity index (χ1v) is 12.9. The molecule has 0 aliphatic carbocycles. The van der Waals surface area contributed by atoms with Crippen LogP contribution in [0.4, 0.5) is 23.5 Å². The summed E-state index contributed by atoms with van der Waals surface area (Å²) in [6.45, 7) is 5.09. The maximum Gasteiger partial charge on any atom is 0.416 e. The fraction of sp³-hybridized carbons (Fsp3) is 0.393. The van der Waals surface area contributed by atoms with Gasteiger partial charge in [0, 0.05) is 26.1 Å². The Morgan fingerprint density at radius 2 is 1.74 bits per heavy atom.